The van der Waals surface area contributed by atoms with Crippen molar-refractivity contribution in [3.63, 3.8) is 0 Å². The van der Waals surface area contributed by atoms with Crippen LogP contribution in [0.25, 0.3) is 0 Å². The molecule has 0 radical (unpaired) electrons. The normalized spacial score (nSPS) is 10.5. The van der Waals surface area contributed by atoms with Crippen LogP contribution in [0, 0.1) is 0 Å². The highest BCUT2D eigenvalue weighted by Crippen LogP contribution is 2.16. The zero-order valence-electron chi connectivity index (χ0n) is 6.50. The Labute approximate surface area is 69.3 Å². The monoisotopic (exact) mass is 170 g/mol. The van der Waals surface area contributed by atoms with Crippen LogP contribution >= 0.6 is 11.3 Å². The maximum atomic E-state index is 10.6. The lowest BCUT2D eigenvalue weighted by Crippen LogP contribution is -2.10. The second-order valence-corrected chi connectivity index (χ2v) is 3.45. The molecule has 0 bridgehead atoms. The number of hydrogen-bond donors (Lipinski definition) is 1. The molecule has 0 aliphatic rings. The van der Waals surface area contributed by atoms with Crippen molar-refractivity contribution in [3.8, 4) is 0 Å². The fourth-order valence-electron chi connectivity index (χ4n) is 0.665. The molecule has 0 aliphatic carbocycles. The second-order valence-electron chi connectivity index (χ2n) is 2.60. The lowest BCUT2D eigenvalue weighted by molar-refractivity contribution is 0.1000. The topological polar surface area (TPSA) is 56.0 Å². The van der Waals surface area contributed by atoms with Gasteiger partial charge in [-0.1, -0.05) is 13.8 Å². The molecule has 0 atom stereocenters. The Hall–Kier alpha value is -0.900. The number of aromatic nitrogens is 1. The molecule has 1 rings (SSSR count). The summed E-state index contributed by atoms with van der Waals surface area (Å²) in [4.78, 5) is 14.7. The Morgan fingerprint density at radius 3 is 2.64 bits per heavy atom. The van der Waals surface area contributed by atoms with E-state index in [1.807, 2.05) is 19.2 Å². The third-order valence-electron chi connectivity index (χ3n) is 1.32. The van der Waals surface area contributed by atoms with Crippen molar-refractivity contribution in [1.29, 1.82) is 0 Å². The van der Waals surface area contributed by atoms with Crippen molar-refractivity contribution in [2.75, 3.05) is 0 Å². The first-order chi connectivity index (χ1) is 5.11. The van der Waals surface area contributed by atoms with Crippen molar-refractivity contribution < 1.29 is 4.79 Å². The van der Waals surface area contributed by atoms with Crippen LogP contribution in [0.2, 0.25) is 0 Å². The van der Waals surface area contributed by atoms with Gasteiger partial charge in [0.15, 0.2) is 5.01 Å². The van der Waals surface area contributed by atoms with Gasteiger partial charge in [0.2, 0.25) is 0 Å². The third-order valence-corrected chi connectivity index (χ3v) is 2.20. The van der Waals surface area contributed by atoms with Crippen molar-refractivity contribution in [1.82, 2.24) is 4.98 Å². The van der Waals surface area contributed by atoms with Crippen LogP contribution in [0.1, 0.15) is 35.3 Å². The minimum absolute atomic E-state index is 0.361. The molecule has 3 nitrogen and oxygen atoms in total. The number of carbonyl (C=O) groups excluding carboxylic acids is 1. The van der Waals surface area contributed by atoms with Crippen LogP contribution in [0.15, 0.2) is 5.38 Å². The number of carbonyl (C=O) groups is 1. The molecule has 0 aromatic carbocycles. The number of amides is 1. The molecule has 0 saturated carbocycles. The zero-order valence-corrected chi connectivity index (χ0v) is 7.31. The van der Waals surface area contributed by atoms with Crippen molar-refractivity contribution in [2.24, 2.45) is 5.73 Å². The maximum absolute atomic E-state index is 10.6. The van der Waals surface area contributed by atoms with Crippen LogP contribution in [-0.2, 0) is 0 Å². The van der Waals surface area contributed by atoms with E-state index >= 15 is 0 Å². The average molecular weight is 170 g/mol. The first kappa shape index (κ1) is 8.20. The number of hydrogen-bond acceptors (Lipinski definition) is 3. The second kappa shape index (κ2) is 3.00. The molecule has 0 unspecified atom stereocenters. The highest BCUT2D eigenvalue weighted by atomic mass is 32.1. The number of nitrogens with two attached hydrogens (primary N) is 1. The lowest BCUT2D eigenvalue weighted by Gasteiger charge is -1.95. The molecule has 11 heavy (non-hydrogen) atoms. The van der Waals surface area contributed by atoms with Gasteiger partial charge in [0.05, 0.1) is 5.69 Å². The van der Waals surface area contributed by atoms with Gasteiger partial charge in [-0.3, -0.25) is 4.79 Å². The Bertz CT molecular complexity index is 267. The fourth-order valence-corrected chi connectivity index (χ4v) is 1.50. The van der Waals surface area contributed by atoms with Crippen molar-refractivity contribution >= 4 is 17.2 Å². The number of rotatable bonds is 2. The molecule has 2 N–H and O–H groups in total. The molecule has 0 saturated heterocycles. The minimum atomic E-state index is -0.443. The van der Waals surface area contributed by atoms with E-state index in [9.17, 15) is 4.79 Å². The summed E-state index contributed by atoms with van der Waals surface area (Å²) >= 11 is 1.30. The van der Waals surface area contributed by atoms with Gasteiger partial charge in [-0.15, -0.1) is 11.3 Å². The number of primary amides is 1. The summed E-state index contributed by atoms with van der Waals surface area (Å²) in [6.45, 7) is 4.06. The van der Waals surface area contributed by atoms with E-state index in [0.717, 1.165) is 5.69 Å². The molecule has 1 aromatic heterocycles. The molecule has 0 aliphatic heterocycles. The standard InChI is InChI=1S/C7H10N2OS/c1-4(2)5-3-11-7(9-5)6(8)10/h3-4H,1-2H3,(H2,8,10). The first-order valence-corrected chi connectivity index (χ1v) is 4.24. The molecule has 4 heteroatoms. The van der Waals surface area contributed by atoms with Crippen LogP contribution < -0.4 is 5.73 Å². The molecular weight excluding hydrogens is 160 g/mol. The summed E-state index contributed by atoms with van der Waals surface area (Å²) < 4.78 is 0. The van der Waals surface area contributed by atoms with Gasteiger partial charge in [0.25, 0.3) is 5.91 Å². The SMILES string of the molecule is CC(C)c1csc(C(N)=O)n1. The molecule has 1 heterocycles. The lowest BCUT2D eigenvalue weighted by atomic mass is 10.2. The first-order valence-electron chi connectivity index (χ1n) is 3.36. The van der Waals surface area contributed by atoms with Gasteiger partial charge >= 0.3 is 0 Å². The number of thiazole rings is 1. The fraction of sp³-hybridized carbons (Fsp3) is 0.429. The van der Waals surface area contributed by atoms with Crippen LogP contribution in [0.5, 0.6) is 0 Å². The summed E-state index contributed by atoms with van der Waals surface area (Å²) in [6.07, 6.45) is 0. The van der Waals surface area contributed by atoms with Gasteiger partial charge in [0.1, 0.15) is 0 Å². The van der Waals surface area contributed by atoms with Crippen LogP contribution in [-0.4, -0.2) is 10.9 Å². The Morgan fingerprint density at radius 1 is 1.73 bits per heavy atom. The summed E-state index contributed by atoms with van der Waals surface area (Å²) in [5.74, 6) is -0.0822. The number of nitrogens with zero attached hydrogens (tertiary/aromatic N) is 1. The van der Waals surface area contributed by atoms with E-state index in [2.05, 4.69) is 4.98 Å². The molecular formula is C7H10N2OS. The van der Waals surface area contributed by atoms with E-state index in [-0.39, 0.29) is 0 Å². The highest BCUT2D eigenvalue weighted by Gasteiger charge is 2.08. The molecule has 0 spiro atoms. The Kier molecular flexibility index (Phi) is 2.24. The predicted molar refractivity (Wildman–Crippen MR) is 44.7 cm³/mol. The summed E-state index contributed by atoms with van der Waals surface area (Å²) in [6, 6.07) is 0. The zero-order chi connectivity index (χ0) is 8.43. The quantitative estimate of drug-likeness (QED) is 0.728. The Morgan fingerprint density at radius 2 is 2.36 bits per heavy atom. The van der Waals surface area contributed by atoms with E-state index in [0.29, 0.717) is 10.9 Å². The summed E-state index contributed by atoms with van der Waals surface area (Å²) in [5, 5.41) is 2.26. The third kappa shape index (κ3) is 1.77. The Balaban J connectivity index is 2.90. The smallest absolute Gasteiger partial charge is 0.277 e. The van der Waals surface area contributed by atoms with Gasteiger partial charge in [0, 0.05) is 5.38 Å². The molecule has 1 amide bonds. The van der Waals surface area contributed by atoms with Crippen molar-refractivity contribution in [2.45, 2.75) is 19.8 Å². The van der Waals surface area contributed by atoms with E-state index in [1.165, 1.54) is 11.3 Å². The van der Waals surface area contributed by atoms with Gasteiger partial charge < -0.3 is 5.73 Å². The van der Waals surface area contributed by atoms with Gasteiger partial charge in [-0.2, -0.15) is 0 Å². The highest BCUT2D eigenvalue weighted by molar-refractivity contribution is 7.11. The van der Waals surface area contributed by atoms with Crippen LogP contribution in [0.3, 0.4) is 0 Å². The largest absolute Gasteiger partial charge is 0.364 e. The minimum Gasteiger partial charge on any atom is -0.364 e. The van der Waals surface area contributed by atoms with Crippen LogP contribution in [0.4, 0.5) is 0 Å². The van der Waals surface area contributed by atoms with Gasteiger partial charge in [-0.25, -0.2) is 4.98 Å². The summed E-state index contributed by atoms with van der Waals surface area (Å²) in [5.41, 5.74) is 5.97. The van der Waals surface area contributed by atoms with E-state index in [4.69, 9.17) is 5.73 Å². The molecule has 1 aromatic rings. The molecule has 0 fully saturated rings. The molecule has 60 valence electrons. The average Bonchev–Trinajstić information content (AvgIpc) is 2.33. The van der Waals surface area contributed by atoms with Gasteiger partial charge in [-0.05, 0) is 5.92 Å². The maximum Gasteiger partial charge on any atom is 0.277 e. The van der Waals surface area contributed by atoms with Crippen molar-refractivity contribution in [3.05, 3.63) is 16.1 Å². The predicted octanol–water partition coefficient (Wildman–Crippen LogP) is 1.37. The summed E-state index contributed by atoms with van der Waals surface area (Å²) in [7, 11) is 0. The van der Waals surface area contributed by atoms with E-state index in [1.54, 1.807) is 0 Å². The van der Waals surface area contributed by atoms with E-state index < -0.39 is 5.91 Å².